The number of benzene rings is 1. The fraction of sp³-hybridized carbons (Fsp3) is 0.417. The molecule has 92 valence electrons. The van der Waals surface area contributed by atoms with Crippen LogP contribution in [0.15, 0.2) is 18.2 Å². The lowest BCUT2D eigenvalue weighted by atomic mass is 9.88. The van der Waals surface area contributed by atoms with E-state index in [0.29, 0.717) is 23.7 Å². The molecule has 17 heavy (non-hydrogen) atoms. The SMILES string of the molecule is COC(=O)C1CNCC1c1c(F)cccc1Cl. The predicted molar refractivity (Wildman–Crippen MR) is 62.5 cm³/mol. The Morgan fingerprint density at radius 1 is 1.53 bits per heavy atom. The van der Waals surface area contributed by atoms with Gasteiger partial charge in [-0.2, -0.15) is 0 Å². The van der Waals surface area contributed by atoms with Crippen LogP contribution in [-0.4, -0.2) is 26.2 Å². The van der Waals surface area contributed by atoms with Crippen molar-refractivity contribution >= 4 is 17.6 Å². The minimum absolute atomic E-state index is 0.267. The molecule has 1 aliphatic rings. The Kier molecular flexibility index (Phi) is 3.64. The van der Waals surface area contributed by atoms with Crippen molar-refractivity contribution in [3.63, 3.8) is 0 Å². The number of esters is 1. The van der Waals surface area contributed by atoms with E-state index in [0.717, 1.165) is 0 Å². The first kappa shape index (κ1) is 12.3. The van der Waals surface area contributed by atoms with Crippen molar-refractivity contribution in [2.24, 2.45) is 5.92 Å². The van der Waals surface area contributed by atoms with E-state index in [1.807, 2.05) is 0 Å². The average Bonchev–Trinajstić information content (AvgIpc) is 2.77. The van der Waals surface area contributed by atoms with Crippen LogP contribution in [0.1, 0.15) is 11.5 Å². The van der Waals surface area contributed by atoms with E-state index in [1.54, 1.807) is 12.1 Å². The number of carbonyl (C=O) groups is 1. The second-order valence-corrected chi connectivity index (χ2v) is 4.44. The van der Waals surface area contributed by atoms with Crippen molar-refractivity contribution < 1.29 is 13.9 Å². The lowest BCUT2D eigenvalue weighted by Crippen LogP contribution is -2.23. The van der Waals surface area contributed by atoms with E-state index in [9.17, 15) is 9.18 Å². The van der Waals surface area contributed by atoms with Crippen LogP contribution in [0, 0.1) is 11.7 Å². The summed E-state index contributed by atoms with van der Waals surface area (Å²) in [7, 11) is 1.33. The molecule has 0 aromatic heterocycles. The van der Waals surface area contributed by atoms with Gasteiger partial charge >= 0.3 is 5.97 Å². The van der Waals surface area contributed by atoms with Crippen molar-refractivity contribution in [3.8, 4) is 0 Å². The molecule has 1 N–H and O–H groups in total. The number of ether oxygens (including phenoxy) is 1. The van der Waals surface area contributed by atoms with Gasteiger partial charge in [-0.15, -0.1) is 0 Å². The van der Waals surface area contributed by atoms with Crippen LogP contribution in [0.3, 0.4) is 0 Å². The Hall–Kier alpha value is -1.13. The van der Waals surface area contributed by atoms with Gasteiger partial charge in [-0.25, -0.2) is 4.39 Å². The summed E-state index contributed by atoms with van der Waals surface area (Å²) in [5.41, 5.74) is 0.398. The summed E-state index contributed by atoms with van der Waals surface area (Å²) in [6, 6.07) is 4.54. The van der Waals surface area contributed by atoms with Crippen LogP contribution < -0.4 is 5.32 Å². The molecular formula is C12H13ClFNO2. The fourth-order valence-electron chi connectivity index (χ4n) is 2.25. The summed E-state index contributed by atoms with van der Waals surface area (Å²) in [4.78, 5) is 11.6. The zero-order valence-electron chi connectivity index (χ0n) is 9.37. The van der Waals surface area contributed by atoms with Crippen LogP contribution in [0.4, 0.5) is 4.39 Å². The van der Waals surface area contributed by atoms with Crippen molar-refractivity contribution in [3.05, 3.63) is 34.6 Å². The van der Waals surface area contributed by atoms with Crippen molar-refractivity contribution in [2.45, 2.75) is 5.92 Å². The lowest BCUT2D eigenvalue weighted by molar-refractivity contribution is -0.145. The summed E-state index contributed by atoms with van der Waals surface area (Å²) in [5.74, 6) is -1.36. The number of rotatable bonds is 2. The van der Waals surface area contributed by atoms with Crippen LogP contribution in [0.25, 0.3) is 0 Å². The quantitative estimate of drug-likeness (QED) is 0.823. The molecule has 2 atom stereocenters. The highest BCUT2D eigenvalue weighted by Gasteiger charge is 2.37. The van der Waals surface area contributed by atoms with Gasteiger partial charge < -0.3 is 10.1 Å². The van der Waals surface area contributed by atoms with E-state index in [-0.39, 0.29) is 23.6 Å². The average molecular weight is 258 g/mol. The van der Waals surface area contributed by atoms with Crippen LogP contribution in [-0.2, 0) is 9.53 Å². The van der Waals surface area contributed by atoms with Crippen LogP contribution >= 0.6 is 11.6 Å². The van der Waals surface area contributed by atoms with E-state index in [4.69, 9.17) is 16.3 Å². The smallest absolute Gasteiger partial charge is 0.310 e. The molecule has 2 unspecified atom stereocenters. The van der Waals surface area contributed by atoms with Gasteiger partial charge in [-0.3, -0.25) is 4.79 Å². The molecule has 2 rings (SSSR count). The molecule has 0 amide bonds. The molecule has 0 saturated carbocycles. The van der Waals surface area contributed by atoms with Gasteiger partial charge in [0.15, 0.2) is 0 Å². The number of hydrogen-bond donors (Lipinski definition) is 1. The highest BCUT2D eigenvalue weighted by molar-refractivity contribution is 6.31. The Labute approximate surface area is 104 Å². The van der Waals surface area contributed by atoms with Gasteiger partial charge in [-0.05, 0) is 12.1 Å². The maximum Gasteiger partial charge on any atom is 0.310 e. The number of hydrogen-bond acceptors (Lipinski definition) is 3. The molecule has 1 aromatic carbocycles. The topological polar surface area (TPSA) is 38.3 Å². The zero-order valence-corrected chi connectivity index (χ0v) is 10.1. The number of carbonyl (C=O) groups excluding carboxylic acids is 1. The molecule has 3 nitrogen and oxygen atoms in total. The number of methoxy groups -OCH3 is 1. The molecule has 1 aliphatic heterocycles. The van der Waals surface area contributed by atoms with Gasteiger partial charge in [0, 0.05) is 29.6 Å². The molecule has 0 spiro atoms. The molecule has 1 heterocycles. The normalized spacial score (nSPS) is 23.7. The standard InChI is InChI=1S/C12H13ClFNO2/c1-17-12(16)8-6-15-5-7(8)11-9(13)3-2-4-10(11)14/h2-4,7-8,15H,5-6H2,1H3. The maximum atomic E-state index is 13.8. The lowest BCUT2D eigenvalue weighted by Gasteiger charge is -2.18. The van der Waals surface area contributed by atoms with Crippen LogP contribution in [0.2, 0.25) is 5.02 Å². The Bertz CT molecular complexity index is 418. The van der Waals surface area contributed by atoms with Crippen LogP contribution in [0.5, 0.6) is 0 Å². The Morgan fingerprint density at radius 3 is 2.94 bits per heavy atom. The summed E-state index contributed by atoms with van der Waals surface area (Å²) in [6.07, 6.45) is 0. The van der Waals surface area contributed by atoms with Gasteiger partial charge in [0.1, 0.15) is 5.82 Å². The van der Waals surface area contributed by atoms with Gasteiger partial charge in [0.25, 0.3) is 0 Å². The maximum absolute atomic E-state index is 13.8. The largest absolute Gasteiger partial charge is 0.469 e. The molecule has 1 aromatic rings. The first-order valence-corrected chi connectivity index (χ1v) is 5.75. The molecule has 0 aliphatic carbocycles. The van der Waals surface area contributed by atoms with Crippen molar-refractivity contribution in [1.29, 1.82) is 0 Å². The summed E-state index contributed by atoms with van der Waals surface area (Å²) >= 11 is 6.00. The number of nitrogens with one attached hydrogen (secondary N) is 1. The minimum Gasteiger partial charge on any atom is -0.469 e. The summed E-state index contributed by atoms with van der Waals surface area (Å²) in [6.45, 7) is 1.02. The third kappa shape index (κ3) is 2.28. The molecule has 0 radical (unpaired) electrons. The molecular weight excluding hydrogens is 245 g/mol. The first-order valence-electron chi connectivity index (χ1n) is 5.37. The van der Waals surface area contributed by atoms with E-state index in [1.165, 1.54) is 13.2 Å². The third-order valence-corrected chi connectivity index (χ3v) is 3.42. The van der Waals surface area contributed by atoms with Crippen molar-refractivity contribution in [1.82, 2.24) is 5.32 Å². The molecule has 0 bridgehead atoms. The Morgan fingerprint density at radius 2 is 2.29 bits per heavy atom. The predicted octanol–water partition coefficient (Wildman–Crippen LogP) is 1.96. The van der Waals surface area contributed by atoms with E-state index in [2.05, 4.69) is 5.32 Å². The highest BCUT2D eigenvalue weighted by atomic mass is 35.5. The van der Waals surface area contributed by atoms with Crippen molar-refractivity contribution in [2.75, 3.05) is 20.2 Å². The molecule has 1 saturated heterocycles. The van der Waals surface area contributed by atoms with E-state index >= 15 is 0 Å². The first-order chi connectivity index (χ1) is 8.15. The van der Waals surface area contributed by atoms with E-state index < -0.39 is 0 Å². The second-order valence-electron chi connectivity index (χ2n) is 4.03. The zero-order chi connectivity index (χ0) is 12.4. The summed E-state index contributed by atoms with van der Waals surface area (Å²) in [5, 5.41) is 3.42. The third-order valence-electron chi connectivity index (χ3n) is 3.09. The minimum atomic E-state index is -0.380. The molecule has 1 fully saturated rings. The second kappa shape index (κ2) is 5.02. The summed E-state index contributed by atoms with van der Waals surface area (Å²) < 4.78 is 18.5. The van der Waals surface area contributed by atoms with Gasteiger partial charge in [0.05, 0.1) is 13.0 Å². The monoisotopic (exact) mass is 257 g/mol. The fourth-order valence-corrected chi connectivity index (χ4v) is 2.55. The van der Waals surface area contributed by atoms with Gasteiger partial charge in [0.2, 0.25) is 0 Å². The Balaban J connectivity index is 2.36. The van der Waals surface area contributed by atoms with Gasteiger partial charge in [-0.1, -0.05) is 17.7 Å². The highest BCUT2D eigenvalue weighted by Crippen LogP contribution is 2.35. The molecule has 5 heteroatoms. The number of halogens is 2.